The summed E-state index contributed by atoms with van der Waals surface area (Å²) < 4.78 is 12.3. The first-order chi connectivity index (χ1) is 12.5. The molecule has 0 fully saturated rings. The summed E-state index contributed by atoms with van der Waals surface area (Å²) in [6.45, 7) is 2.64. The van der Waals surface area contributed by atoms with E-state index in [4.69, 9.17) is 9.47 Å². The number of hydrogen-bond donors (Lipinski definition) is 1. The van der Waals surface area contributed by atoms with Crippen molar-refractivity contribution >= 4 is 17.6 Å². The molecule has 2 amide bonds. The highest BCUT2D eigenvalue weighted by Gasteiger charge is 2.27. The Balaban J connectivity index is 1.67. The number of aromatic nitrogens is 2. The fraction of sp³-hybridized carbons (Fsp3) is 0.389. The number of nitrogens with zero attached hydrogens (tertiary/aromatic N) is 3. The van der Waals surface area contributed by atoms with Gasteiger partial charge in [0.25, 0.3) is 0 Å². The van der Waals surface area contributed by atoms with Crippen molar-refractivity contribution in [3.8, 4) is 11.5 Å². The Kier molecular flexibility index (Phi) is 5.11. The molecule has 1 aromatic carbocycles. The number of amides is 2. The first-order valence-corrected chi connectivity index (χ1v) is 8.34. The van der Waals surface area contributed by atoms with E-state index in [0.29, 0.717) is 30.3 Å². The lowest BCUT2D eigenvalue weighted by molar-refractivity contribution is -0.124. The van der Waals surface area contributed by atoms with Crippen molar-refractivity contribution in [1.29, 1.82) is 0 Å². The Hall–Kier alpha value is -3.03. The second kappa shape index (κ2) is 7.47. The molecule has 0 bridgehead atoms. The molecule has 0 radical (unpaired) electrons. The molecule has 8 nitrogen and oxygen atoms in total. The molecule has 1 aliphatic rings. The van der Waals surface area contributed by atoms with Crippen molar-refractivity contribution < 1.29 is 19.1 Å². The second-order valence-corrected chi connectivity index (χ2v) is 6.05. The number of carbonyl (C=O) groups is 2. The number of methoxy groups -OCH3 is 2. The maximum atomic E-state index is 12.4. The van der Waals surface area contributed by atoms with Crippen LogP contribution in [0.5, 0.6) is 11.5 Å². The maximum absolute atomic E-state index is 12.4. The highest BCUT2D eigenvalue weighted by Crippen LogP contribution is 2.24. The molecule has 0 unspecified atom stereocenters. The van der Waals surface area contributed by atoms with Crippen LogP contribution in [0.4, 0.5) is 5.82 Å². The van der Waals surface area contributed by atoms with E-state index in [0.717, 1.165) is 11.3 Å². The Morgan fingerprint density at radius 3 is 2.81 bits per heavy atom. The molecule has 0 aliphatic carbocycles. The largest absolute Gasteiger partial charge is 0.497 e. The minimum atomic E-state index is -0.254. The molecule has 8 heteroatoms. The summed E-state index contributed by atoms with van der Waals surface area (Å²) in [4.78, 5) is 26.1. The first kappa shape index (κ1) is 17.8. The van der Waals surface area contributed by atoms with Crippen LogP contribution in [0.2, 0.25) is 0 Å². The summed E-state index contributed by atoms with van der Waals surface area (Å²) in [5, 5.41) is 7.17. The van der Waals surface area contributed by atoms with Crippen molar-refractivity contribution in [3.05, 3.63) is 35.5 Å². The predicted octanol–water partition coefficient (Wildman–Crippen LogP) is 1.26. The van der Waals surface area contributed by atoms with Gasteiger partial charge in [-0.1, -0.05) is 0 Å². The fourth-order valence-corrected chi connectivity index (χ4v) is 2.96. The van der Waals surface area contributed by atoms with Gasteiger partial charge in [0.1, 0.15) is 23.9 Å². The van der Waals surface area contributed by atoms with Crippen molar-refractivity contribution in [2.45, 2.75) is 26.4 Å². The number of rotatable bonds is 6. The smallest absolute Gasteiger partial charge is 0.240 e. The lowest BCUT2D eigenvalue weighted by atomic mass is 10.2. The number of hydrogen-bond acceptors (Lipinski definition) is 5. The first-order valence-electron chi connectivity index (χ1n) is 8.34. The van der Waals surface area contributed by atoms with E-state index in [2.05, 4.69) is 10.4 Å². The van der Waals surface area contributed by atoms with Crippen LogP contribution in [-0.2, 0) is 22.7 Å². The van der Waals surface area contributed by atoms with Crippen LogP contribution >= 0.6 is 0 Å². The number of carbonyl (C=O) groups excluding carboxylic acids is 2. The van der Waals surface area contributed by atoms with E-state index in [-0.39, 0.29) is 24.9 Å². The number of fused-ring (bicyclic) bond motifs is 1. The standard InChI is InChI=1S/C18H22N4O4/c1-12-8-17-21(18(24)6-7-22(17)20-12)11-16(23)19-10-13-9-14(25-2)4-5-15(13)26-3/h4-5,8-9H,6-7,10-11H2,1-3H3,(H,19,23). The van der Waals surface area contributed by atoms with E-state index in [1.807, 2.05) is 19.1 Å². The zero-order chi connectivity index (χ0) is 18.7. The van der Waals surface area contributed by atoms with Crippen LogP contribution in [0.1, 0.15) is 17.7 Å². The van der Waals surface area contributed by atoms with Gasteiger partial charge >= 0.3 is 0 Å². The van der Waals surface area contributed by atoms with Gasteiger partial charge in [0.15, 0.2) is 0 Å². The van der Waals surface area contributed by atoms with Crippen LogP contribution in [0.25, 0.3) is 0 Å². The van der Waals surface area contributed by atoms with Gasteiger partial charge in [0.2, 0.25) is 11.8 Å². The Morgan fingerprint density at radius 2 is 2.08 bits per heavy atom. The quantitative estimate of drug-likeness (QED) is 0.840. The van der Waals surface area contributed by atoms with E-state index >= 15 is 0 Å². The summed E-state index contributed by atoms with van der Waals surface area (Å²) in [7, 11) is 3.15. The minimum absolute atomic E-state index is 0.0454. The number of aryl methyl sites for hydroxylation is 2. The topological polar surface area (TPSA) is 85.7 Å². The summed E-state index contributed by atoms with van der Waals surface area (Å²) in [5.41, 5.74) is 1.62. The second-order valence-electron chi connectivity index (χ2n) is 6.05. The highest BCUT2D eigenvalue weighted by molar-refractivity contribution is 5.98. The maximum Gasteiger partial charge on any atom is 0.240 e. The molecule has 1 aromatic heterocycles. The van der Waals surface area contributed by atoms with Gasteiger partial charge in [0.05, 0.1) is 26.5 Å². The molecule has 0 atom stereocenters. The SMILES string of the molecule is COc1ccc(OC)c(CNC(=O)CN2C(=O)CCn3nc(C)cc32)c1. The molecule has 3 rings (SSSR count). The molecule has 1 aliphatic heterocycles. The zero-order valence-electron chi connectivity index (χ0n) is 15.1. The van der Waals surface area contributed by atoms with Crippen LogP contribution in [0, 0.1) is 6.92 Å². The number of ether oxygens (including phenoxy) is 2. The van der Waals surface area contributed by atoms with Crippen molar-refractivity contribution in [2.24, 2.45) is 0 Å². The summed E-state index contributed by atoms with van der Waals surface area (Å²) in [6, 6.07) is 7.20. The molecule has 138 valence electrons. The van der Waals surface area contributed by atoms with Crippen LogP contribution < -0.4 is 19.7 Å². The molecule has 0 saturated heterocycles. The highest BCUT2D eigenvalue weighted by atomic mass is 16.5. The number of nitrogens with one attached hydrogen (secondary N) is 1. The average Bonchev–Trinajstić information content (AvgIpc) is 3.02. The van der Waals surface area contributed by atoms with Crippen LogP contribution in [-0.4, -0.2) is 42.4 Å². The predicted molar refractivity (Wildman–Crippen MR) is 95.3 cm³/mol. The minimum Gasteiger partial charge on any atom is -0.497 e. The van der Waals surface area contributed by atoms with E-state index in [1.165, 1.54) is 4.90 Å². The van der Waals surface area contributed by atoms with E-state index in [9.17, 15) is 9.59 Å². The lowest BCUT2D eigenvalue weighted by Gasteiger charge is -2.27. The van der Waals surface area contributed by atoms with Gasteiger partial charge < -0.3 is 14.8 Å². The zero-order valence-corrected chi connectivity index (χ0v) is 15.1. The van der Waals surface area contributed by atoms with E-state index in [1.54, 1.807) is 31.0 Å². The van der Waals surface area contributed by atoms with Crippen LogP contribution in [0.3, 0.4) is 0 Å². The summed E-state index contributed by atoms with van der Waals surface area (Å²) in [5.74, 6) is 1.67. The Bertz CT molecular complexity index is 831. The van der Waals surface area contributed by atoms with Gasteiger partial charge in [-0.3, -0.25) is 14.5 Å². The molecule has 2 aromatic rings. The van der Waals surface area contributed by atoms with Crippen molar-refractivity contribution in [1.82, 2.24) is 15.1 Å². The number of anilines is 1. The van der Waals surface area contributed by atoms with Crippen LogP contribution in [0.15, 0.2) is 24.3 Å². The van der Waals surface area contributed by atoms with Gasteiger partial charge in [-0.15, -0.1) is 0 Å². The van der Waals surface area contributed by atoms with Gasteiger partial charge in [-0.2, -0.15) is 5.10 Å². The third kappa shape index (κ3) is 3.63. The summed E-state index contributed by atoms with van der Waals surface area (Å²) >= 11 is 0. The third-order valence-corrected chi connectivity index (χ3v) is 4.26. The average molecular weight is 358 g/mol. The summed E-state index contributed by atoms with van der Waals surface area (Å²) in [6.07, 6.45) is 0.338. The normalized spacial score (nSPS) is 13.3. The molecule has 2 heterocycles. The Morgan fingerprint density at radius 1 is 1.27 bits per heavy atom. The fourth-order valence-electron chi connectivity index (χ4n) is 2.96. The molecule has 0 saturated carbocycles. The van der Waals surface area contributed by atoms with E-state index < -0.39 is 0 Å². The van der Waals surface area contributed by atoms with Gasteiger partial charge in [-0.25, -0.2) is 4.68 Å². The third-order valence-electron chi connectivity index (χ3n) is 4.26. The lowest BCUT2D eigenvalue weighted by Crippen LogP contribution is -2.44. The monoisotopic (exact) mass is 358 g/mol. The molecular formula is C18H22N4O4. The van der Waals surface area contributed by atoms with Crippen molar-refractivity contribution in [3.63, 3.8) is 0 Å². The van der Waals surface area contributed by atoms with Crippen molar-refractivity contribution in [2.75, 3.05) is 25.7 Å². The molecule has 26 heavy (non-hydrogen) atoms. The van der Waals surface area contributed by atoms with Gasteiger partial charge in [0, 0.05) is 24.6 Å². The number of benzene rings is 1. The molecule has 1 N–H and O–H groups in total. The van der Waals surface area contributed by atoms with Gasteiger partial charge in [-0.05, 0) is 25.1 Å². The molecule has 0 spiro atoms. The Labute approximate surface area is 151 Å². The molecular weight excluding hydrogens is 336 g/mol.